The zero-order valence-corrected chi connectivity index (χ0v) is 39.1. The number of likely N-dealkylation sites (tertiary alicyclic amines) is 1. The summed E-state index contributed by atoms with van der Waals surface area (Å²) in [4.78, 5) is 23.3. The van der Waals surface area contributed by atoms with E-state index >= 15 is 0 Å². The Morgan fingerprint density at radius 2 is 1.68 bits per heavy atom. The molecule has 1 aliphatic carbocycles. The van der Waals surface area contributed by atoms with Crippen LogP contribution in [-0.4, -0.2) is 89.0 Å². The summed E-state index contributed by atoms with van der Waals surface area (Å²) in [7, 11) is 0. The number of nitrogens with zero attached hydrogens (tertiary/aromatic N) is 3. The lowest BCUT2D eigenvalue weighted by Crippen LogP contribution is -2.38. The average molecular weight is 823 g/mol. The van der Waals surface area contributed by atoms with Crippen molar-refractivity contribution in [2.24, 2.45) is 28.9 Å². The molecule has 0 radical (unpaired) electrons. The number of para-hydroxylation sites is 1. The van der Waals surface area contributed by atoms with Crippen LogP contribution in [0.25, 0.3) is 0 Å². The Morgan fingerprint density at radius 3 is 2.27 bits per heavy atom. The van der Waals surface area contributed by atoms with Gasteiger partial charge in [0.25, 0.3) is 0 Å². The summed E-state index contributed by atoms with van der Waals surface area (Å²) < 4.78 is 6.00. The Hall–Kier alpha value is -2.79. The Morgan fingerprint density at radius 1 is 1.00 bits per heavy atom. The Balaban J connectivity index is 0.000000677. The third kappa shape index (κ3) is 19.6. The maximum absolute atomic E-state index is 12.2. The smallest absolute Gasteiger partial charge is 0.170 e. The molecule has 5 rings (SSSR count). The van der Waals surface area contributed by atoms with Crippen molar-refractivity contribution in [3.8, 4) is 5.75 Å². The van der Waals surface area contributed by atoms with Gasteiger partial charge in [0.2, 0.25) is 0 Å². The van der Waals surface area contributed by atoms with Crippen LogP contribution >= 0.6 is 0 Å². The summed E-state index contributed by atoms with van der Waals surface area (Å²) in [6.07, 6.45) is 11.9. The fraction of sp³-hybridized carbons (Fsp3) is 0.700. The number of Topliss-reactive ketones (excluding diaryl/α,β-unsaturated/α-hetero) is 1. The number of carbonyl (C=O) groups is 1. The van der Waals surface area contributed by atoms with Gasteiger partial charge in [-0.25, -0.2) is 0 Å². The molecular formula is C50H86N4O5. The summed E-state index contributed by atoms with van der Waals surface area (Å²) in [5, 5.41) is 21.8. The number of ether oxygens (including phenoxy) is 1. The number of aliphatic hydroxyl groups is 2. The Bertz CT molecular complexity index is 1460. The maximum atomic E-state index is 12.2. The van der Waals surface area contributed by atoms with E-state index in [0.29, 0.717) is 30.6 Å². The lowest BCUT2D eigenvalue weighted by atomic mass is 9.73. The van der Waals surface area contributed by atoms with E-state index in [-0.39, 0.29) is 37.6 Å². The molecular weight excluding hydrogens is 737 g/mol. The minimum Gasteiger partial charge on any atom is -0.486 e. The molecule has 2 saturated heterocycles. The number of hydroxylamine groups is 2. The van der Waals surface area contributed by atoms with E-state index in [0.717, 1.165) is 74.3 Å². The third-order valence-electron chi connectivity index (χ3n) is 11.0. The summed E-state index contributed by atoms with van der Waals surface area (Å²) in [5.74, 6) is 2.40. The van der Waals surface area contributed by atoms with Crippen molar-refractivity contribution in [3.63, 3.8) is 0 Å². The number of ketones is 1. The van der Waals surface area contributed by atoms with Crippen molar-refractivity contribution in [1.82, 2.24) is 14.9 Å². The SMILES string of the molecule is CC.CC(C)C.CC/C=C(\N)C1C(CO)C(CO)ON1Cc1cccc(CN(CCN2CCCC2)Cc2ccccc2OCC(=O)CCC)c1.CC1CCCC(C)(C)C1. The molecule has 2 aliphatic heterocycles. The zero-order chi connectivity index (χ0) is 43.8. The van der Waals surface area contributed by atoms with Gasteiger partial charge in [0.05, 0.1) is 19.3 Å². The summed E-state index contributed by atoms with van der Waals surface area (Å²) in [5.41, 5.74) is 11.1. The fourth-order valence-electron chi connectivity index (χ4n) is 8.40. The van der Waals surface area contributed by atoms with Crippen LogP contribution in [0.5, 0.6) is 5.75 Å². The largest absolute Gasteiger partial charge is 0.486 e. The van der Waals surface area contributed by atoms with Crippen LogP contribution in [0.15, 0.2) is 60.3 Å². The minimum atomic E-state index is -0.502. The second-order valence-electron chi connectivity index (χ2n) is 18.2. The Kier molecular flexibility index (Phi) is 25.4. The average Bonchev–Trinajstić information content (AvgIpc) is 3.85. The molecule has 3 aliphatic rings. The van der Waals surface area contributed by atoms with E-state index in [1.165, 1.54) is 44.1 Å². The standard InChI is InChI=1S/C35H52N4O5.C9H18.C4H10.C2H6/c1-3-10-30(42)26-43-33-15-6-5-14-29(33)23-38(19-18-37-16-7-8-17-37)21-27-12-9-13-28(20-27)22-39-35(32(36)11-4-2)31(24-40)34(25-41)44-39;1-8-5-4-6-9(2,3)7-8;1-4(2)3;1-2/h5-6,9,11-15,20,31,34-35,40-41H,3-4,7-8,10,16-19,21-26,36H2,1-2H3;8H,4-7H2,1-3H3;4H,1-3H3;1-2H3/b32-11-;;;. The molecule has 59 heavy (non-hydrogen) atoms. The second kappa shape index (κ2) is 28.7. The van der Waals surface area contributed by atoms with Crippen LogP contribution in [0.4, 0.5) is 0 Å². The van der Waals surface area contributed by atoms with Crippen molar-refractivity contribution >= 4 is 5.78 Å². The second-order valence-corrected chi connectivity index (χ2v) is 18.2. The van der Waals surface area contributed by atoms with Crippen molar-refractivity contribution in [1.29, 1.82) is 0 Å². The maximum Gasteiger partial charge on any atom is 0.170 e. The van der Waals surface area contributed by atoms with Crippen molar-refractivity contribution in [2.75, 3.05) is 46.0 Å². The normalized spacial score (nSPS) is 21.9. The number of benzene rings is 2. The quantitative estimate of drug-likeness (QED) is 0.135. The van der Waals surface area contributed by atoms with Gasteiger partial charge in [-0.15, -0.1) is 0 Å². The van der Waals surface area contributed by atoms with Crippen molar-refractivity contribution in [2.45, 2.75) is 159 Å². The minimum absolute atomic E-state index is 0.104. The van der Waals surface area contributed by atoms with Gasteiger partial charge >= 0.3 is 0 Å². The molecule has 0 aromatic heterocycles. The number of hydrogen-bond acceptors (Lipinski definition) is 9. The highest BCUT2D eigenvalue weighted by atomic mass is 16.7. The first-order valence-electron chi connectivity index (χ1n) is 23.1. The number of nitrogens with two attached hydrogens (primary N) is 1. The lowest BCUT2D eigenvalue weighted by molar-refractivity contribution is -0.173. The third-order valence-corrected chi connectivity index (χ3v) is 11.0. The van der Waals surface area contributed by atoms with Crippen LogP contribution < -0.4 is 10.5 Å². The van der Waals surface area contributed by atoms with Crippen LogP contribution in [-0.2, 0) is 29.3 Å². The van der Waals surface area contributed by atoms with E-state index in [9.17, 15) is 15.0 Å². The molecule has 3 fully saturated rings. The molecule has 0 bridgehead atoms. The van der Waals surface area contributed by atoms with Gasteiger partial charge in [0.15, 0.2) is 5.78 Å². The zero-order valence-electron chi connectivity index (χ0n) is 39.1. The predicted molar refractivity (Wildman–Crippen MR) is 246 cm³/mol. The van der Waals surface area contributed by atoms with E-state index in [4.69, 9.17) is 15.3 Å². The molecule has 2 aromatic carbocycles. The molecule has 1 saturated carbocycles. The molecule has 336 valence electrons. The first-order chi connectivity index (χ1) is 28.3. The molecule has 4 unspecified atom stereocenters. The van der Waals surface area contributed by atoms with Crippen LogP contribution in [0.2, 0.25) is 0 Å². The van der Waals surface area contributed by atoms with E-state index in [2.05, 4.69) is 81.7 Å². The lowest BCUT2D eigenvalue weighted by Gasteiger charge is -2.33. The van der Waals surface area contributed by atoms with Gasteiger partial charge in [-0.05, 0) is 86.1 Å². The van der Waals surface area contributed by atoms with Crippen molar-refractivity contribution < 1.29 is 24.6 Å². The number of aliphatic hydroxyl groups excluding tert-OH is 2. The molecule has 4 atom stereocenters. The monoisotopic (exact) mass is 823 g/mol. The number of allylic oxidation sites excluding steroid dienone is 1. The number of carbonyl (C=O) groups excluding carboxylic acids is 1. The number of rotatable bonds is 18. The van der Waals surface area contributed by atoms with Crippen LogP contribution in [0.3, 0.4) is 0 Å². The van der Waals surface area contributed by atoms with Gasteiger partial charge in [0.1, 0.15) is 18.5 Å². The van der Waals surface area contributed by atoms with Gasteiger partial charge in [-0.2, -0.15) is 5.06 Å². The molecule has 9 nitrogen and oxygen atoms in total. The summed E-state index contributed by atoms with van der Waals surface area (Å²) >= 11 is 0. The highest BCUT2D eigenvalue weighted by molar-refractivity contribution is 5.79. The van der Waals surface area contributed by atoms with E-state index in [1.54, 1.807) is 0 Å². The van der Waals surface area contributed by atoms with Crippen molar-refractivity contribution in [3.05, 3.63) is 77.0 Å². The van der Waals surface area contributed by atoms with Gasteiger partial charge in [-0.3, -0.25) is 14.5 Å². The Labute approximate surface area is 360 Å². The molecule has 0 amide bonds. The predicted octanol–water partition coefficient (Wildman–Crippen LogP) is 9.78. The summed E-state index contributed by atoms with van der Waals surface area (Å²) in [6, 6.07) is 16.2. The molecule has 2 heterocycles. The van der Waals surface area contributed by atoms with Gasteiger partial charge < -0.3 is 25.6 Å². The molecule has 2 aromatic rings. The topological polar surface area (TPSA) is 112 Å². The fourth-order valence-corrected chi connectivity index (χ4v) is 8.40. The number of hydrogen-bond donors (Lipinski definition) is 3. The highest BCUT2D eigenvalue weighted by Crippen LogP contribution is 2.38. The van der Waals surface area contributed by atoms with Crippen LogP contribution in [0.1, 0.15) is 144 Å². The van der Waals surface area contributed by atoms with Gasteiger partial charge in [0, 0.05) is 56.3 Å². The van der Waals surface area contributed by atoms with Gasteiger partial charge in [-0.1, -0.05) is 131 Å². The molecule has 9 heteroatoms. The summed E-state index contributed by atoms with van der Waals surface area (Å²) in [6.45, 7) is 27.7. The van der Waals surface area contributed by atoms with E-state index in [1.807, 2.05) is 57.0 Å². The first kappa shape index (κ1) is 52.3. The first-order valence-corrected chi connectivity index (χ1v) is 23.1. The van der Waals surface area contributed by atoms with Crippen LogP contribution in [0, 0.1) is 23.2 Å². The molecule has 0 spiro atoms. The highest BCUT2D eigenvalue weighted by Gasteiger charge is 2.44. The molecule has 4 N–H and O–H groups in total. The van der Waals surface area contributed by atoms with E-state index < -0.39 is 6.10 Å².